The van der Waals surface area contributed by atoms with Crippen molar-refractivity contribution in [3.8, 4) is 0 Å². The van der Waals surface area contributed by atoms with Crippen LogP contribution in [0.5, 0.6) is 0 Å². The Labute approximate surface area is 218 Å². The van der Waals surface area contributed by atoms with Crippen molar-refractivity contribution in [1.82, 2.24) is 4.90 Å². The van der Waals surface area contributed by atoms with Crippen molar-refractivity contribution in [2.75, 3.05) is 6.61 Å². The monoisotopic (exact) mass is 523 g/mol. The maximum atomic E-state index is 13.4. The average molecular weight is 524 g/mol. The summed E-state index contributed by atoms with van der Waals surface area (Å²) in [4.78, 5) is 15.2. The molecular weight excluding hydrogens is 482 g/mol. The third-order valence-corrected chi connectivity index (χ3v) is 14.5. The number of carbonyl (C=O) groups is 1. The van der Waals surface area contributed by atoms with Gasteiger partial charge < -0.3 is 13.9 Å². The zero-order valence-corrected chi connectivity index (χ0v) is 24.9. The summed E-state index contributed by atoms with van der Waals surface area (Å²) in [5, 5.41) is 1.42. The molecule has 4 rings (SSSR count). The highest BCUT2D eigenvalue weighted by Gasteiger charge is 2.50. The molecule has 1 saturated heterocycles. The predicted octanol–water partition coefficient (Wildman–Crippen LogP) is 7.47. The number of carbonyl (C=O) groups excluding carboxylic acids is 1. The lowest BCUT2D eigenvalue weighted by atomic mass is 9.95. The molecule has 0 aliphatic carbocycles. The van der Waals surface area contributed by atoms with Gasteiger partial charge in [-0.3, -0.25) is 4.90 Å². The van der Waals surface area contributed by atoms with Crippen LogP contribution in [0.15, 0.2) is 71.9 Å². The Morgan fingerprint density at radius 1 is 0.889 bits per heavy atom. The molecule has 4 atom stereocenters. The molecular formula is C29H41NO4Si2. The molecule has 2 heterocycles. The molecule has 0 saturated carbocycles. The summed E-state index contributed by atoms with van der Waals surface area (Å²) in [7, 11) is -3.68. The third-order valence-electron chi connectivity index (χ3n) is 7.81. The highest BCUT2D eigenvalue weighted by Crippen LogP contribution is 2.46. The van der Waals surface area contributed by atoms with Gasteiger partial charge in [-0.1, -0.05) is 106 Å². The number of rotatable bonds is 7. The van der Waals surface area contributed by atoms with E-state index in [9.17, 15) is 4.79 Å². The van der Waals surface area contributed by atoms with Gasteiger partial charge in [-0.15, -0.1) is 0 Å². The van der Waals surface area contributed by atoms with Gasteiger partial charge in [0.15, 0.2) is 20.6 Å². The van der Waals surface area contributed by atoms with Crippen LogP contribution in [0.3, 0.4) is 0 Å². The second kappa shape index (κ2) is 9.93. The van der Waals surface area contributed by atoms with E-state index in [1.807, 2.05) is 48.5 Å². The Balaban J connectivity index is 1.67. The Morgan fingerprint density at radius 3 is 1.97 bits per heavy atom. The van der Waals surface area contributed by atoms with Gasteiger partial charge >= 0.3 is 6.09 Å². The van der Waals surface area contributed by atoms with Crippen LogP contribution in [0.4, 0.5) is 4.79 Å². The maximum Gasteiger partial charge on any atom is 0.413 e. The molecule has 0 bridgehead atoms. The summed E-state index contributed by atoms with van der Waals surface area (Å²) in [6.07, 6.45) is 0.772. The van der Waals surface area contributed by atoms with E-state index in [0.717, 1.165) is 11.1 Å². The number of nitrogens with zero attached hydrogens (tertiary/aromatic N) is 1. The maximum absolute atomic E-state index is 13.4. The van der Waals surface area contributed by atoms with Gasteiger partial charge in [-0.2, -0.15) is 0 Å². The van der Waals surface area contributed by atoms with Gasteiger partial charge in [-0.25, -0.2) is 4.79 Å². The van der Waals surface area contributed by atoms with Crippen molar-refractivity contribution in [2.45, 2.75) is 83.0 Å². The van der Waals surface area contributed by atoms with Crippen LogP contribution in [0, 0.1) is 0 Å². The second-order valence-corrected chi connectivity index (χ2v) is 22.3. The SMILES string of the molecule is CC(C)(C)[Si](C)(C)OC[C@@H]1O[C@H](N2C(=O)O[C@H](c3ccccc3)[C@@H]2c2ccccc2)C=C1[Si](C)(C)C. The van der Waals surface area contributed by atoms with Gasteiger partial charge in [0.2, 0.25) is 0 Å². The van der Waals surface area contributed by atoms with Gasteiger partial charge in [0.1, 0.15) is 12.1 Å². The summed E-state index contributed by atoms with van der Waals surface area (Å²) in [6, 6.07) is 19.8. The molecule has 2 aromatic rings. The van der Waals surface area contributed by atoms with E-state index in [-0.39, 0.29) is 23.3 Å². The lowest BCUT2D eigenvalue weighted by Crippen LogP contribution is -2.45. The quantitative estimate of drug-likeness (QED) is 0.353. The van der Waals surface area contributed by atoms with E-state index in [2.05, 4.69) is 71.7 Å². The molecule has 0 spiro atoms. The lowest BCUT2D eigenvalue weighted by Gasteiger charge is -2.38. The van der Waals surface area contributed by atoms with Crippen LogP contribution >= 0.6 is 0 Å². The lowest BCUT2D eigenvalue weighted by molar-refractivity contribution is -0.0444. The Morgan fingerprint density at radius 2 is 1.44 bits per heavy atom. The van der Waals surface area contributed by atoms with Crippen LogP contribution in [0.25, 0.3) is 0 Å². The van der Waals surface area contributed by atoms with E-state index in [1.165, 1.54) is 5.20 Å². The van der Waals surface area contributed by atoms with Gasteiger partial charge in [0.05, 0.1) is 14.7 Å². The number of cyclic esters (lactones) is 1. The van der Waals surface area contributed by atoms with Crippen molar-refractivity contribution in [3.63, 3.8) is 0 Å². The van der Waals surface area contributed by atoms with Crippen LogP contribution in [0.2, 0.25) is 37.8 Å². The minimum absolute atomic E-state index is 0.119. The zero-order chi connectivity index (χ0) is 26.3. The summed E-state index contributed by atoms with van der Waals surface area (Å²) in [5.74, 6) is 0. The number of ether oxygens (including phenoxy) is 2. The van der Waals surface area contributed by atoms with Crippen molar-refractivity contribution in [3.05, 3.63) is 83.1 Å². The molecule has 0 radical (unpaired) electrons. The van der Waals surface area contributed by atoms with Gasteiger partial charge in [-0.05, 0) is 35.3 Å². The molecule has 0 unspecified atom stereocenters. The van der Waals surface area contributed by atoms with Crippen molar-refractivity contribution in [1.29, 1.82) is 0 Å². The molecule has 2 aliphatic rings. The van der Waals surface area contributed by atoms with Crippen molar-refractivity contribution < 1.29 is 18.7 Å². The first kappa shape index (κ1) is 26.9. The standard InChI is InChI=1S/C29H41NO4Si2/c1-29(2,3)36(7,8)32-20-23-24(35(4,5)6)19-25(33-23)30-26(21-15-11-9-12-16-21)27(34-28(30)31)22-17-13-10-14-18-22/h9-19,23,25-27H,20H2,1-8H3/t23-,25-,26-,27+/m0/s1. The van der Waals surface area contributed by atoms with Crippen LogP contribution in [-0.2, 0) is 13.9 Å². The Kier molecular flexibility index (Phi) is 7.41. The van der Waals surface area contributed by atoms with Crippen molar-refractivity contribution in [2.24, 2.45) is 0 Å². The smallest absolute Gasteiger partial charge is 0.413 e. The first-order chi connectivity index (χ1) is 16.8. The molecule has 0 aromatic heterocycles. The molecule has 2 aromatic carbocycles. The third kappa shape index (κ3) is 5.39. The van der Waals surface area contributed by atoms with Crippen LogP contribution < -0.4 is 0 Å². The van der Waals surface area contributed by atoms with E-state index in [4.69, 9.17) is 13.9 Å². The molecule has 194 valence electrons. The number of hydrogen-bond acceptors (Lipinski definition) is 4. The minimum Gasteiger partial charge on any atom is -0.439 e. The molecule has 7 heteroatoms. The first-order valence-corrected chi connectivity index (χ1v) is 19.3. The largest absolute Gasteiger partial charge is 0.439 e. The van der Waals surface area contributed by atoms with Crippen molar-refractivity contribution >= 4 is 22.5 Å². The second-order valence-electron chi connectivity index (χ2n) is 12.4. The number of benzene rings is 2. The van der Waals surface area contributed by atoms with Crippen LogP contribution in [-0.4, -0.2) is 46.3 Å². The molecule has 0 N–H and O–H groups in total. The molecule has 2 aliphatic heterocycles. The summed E-state index contributed by atoms with van der Waals surface area (Å²) >= 11 is 0. The average Bonchev–Trinajstić information content (AvgIpc) is 3.39. The Bertz CT molecular complexity index is 1090. The van der Waals surface area contributed by atoms with E-state index >= 15 is 0 Å². The summed E-state index contributed by atoms with van der Waals surface area (Å²) in [5.41, 5.74) is 2.01. The zero-order valence-electron chi connectivity index (χ0n) is 22.9. The van der Waals surface area contributed by atoms with E-state index < -0.39 is 28.7 Å². The van der Waals surface area contributed by atoms with Gasteiger partial charge in [0, 0.05) is 0 Å². The topological polar surface area (TPSA) is 48.0 Å². The highest BCUT2D eigenvalue weighted by molar-refractivity contribution is 6.83. The summed E-state index contributed by atoms with van der Waals surface area (Å²) < 4.78 is 19.3. The molecule has 36 heavy (non-hydrogen) atoms. The fourth-order valence-corrected chi connectivity index (χ4v) is 7.45. The minimum atomic E-state index is -1.95. The normalized spacial score (nSPS) is 25.2. The van der Waals surface area contributed by atoms with E-state index in [1.54, 1.807) is 4.90 Å². The molecule has 1 amide bonds. The Hall–Kier alpha value is -2.20. The fourth-order valence-electron chi connectivity index (χ4n) is 4.68. The van der Waals surface area contributed by atoms with Gasteiger partial charge in [0.25, 0.3) is 0 Å². The number of amides is 1. The van der Waals surface area contributed by atoms with E-state index in [0.29, 0.717) is 6.61 Å². The molecule has 5 nitrogen and oxygen atoms in total. The molecule has 1 fully saturated rings. The van der Waals surface area contributed by atoms with Crippen LogP contribution in [0.1, 0.15) is 44.0 Å². The summed E-state index contributed by atoms with van der Waals surface area (Å²) in [6.45, 7) is 18.8. The fraction of sp³-hybridized carbons (Fsp3) is 0.483. The predicted molar refractivity (Wildman–Crippen MR) is 150 cm³/mol. The first-order valence-electron chi connectivity index (χ1n) is 12.9. The number of hydrogen-bond donors (Lipinski definition) is 0. The highest BCUT2D eigenvalue weighted by atomic mass is 28.4.